The molecule has 1 amide bonds. The summed E-state index contributed by atoms with van der Waals surface area (Å²) in [5.74, 6) is 0.157. The maximum Gasteiger partial charge on any atom is 0.246 e. The maximum atomic E-state index is 12.6. The molecule has 0 N–H and O–H groups in total. The van der Waals surface area contributed by atoms with Gasteiger partial charge in [-0.25, -0.2) is 0 Å². The van der Waals surface area contributed by atoms with E-state index in [1.54, 1.807) is 6.08 Å². The summed E-state index contributed by atoms with van der Waals surface area (Å²) in [5.41, 5.74) is 1.06. The Balaban J connectivity index is 1.59. The first-order valence-corrected chi connectivity index (χ1v) is 9.48. The molecule has 0 radical (unpaired) electrons. The largest absolute Gasteiger partial charge is 0.335 e. The predicted octanol–water partition coefficient (Wildman–Crippen LogP) is 3.94. The van der Waals surface area contributed by atoms with E-state index in [0.29, 0.717) is 6.04 Å². The summed E-state index contributed by atoms with van der Waals surface area (Å²) in [7, 11) is 0. The molecule has 0 unspecified atom stereocenters. The van der Waals surface area contributed by atoms with Gasteiger partial charge in [0.25, 0.3) is 0 Å². The van der Waals surface area contributed by atoms with Crippen LogP contribution in [0.5, 0.6) is 0 Å². The first-order chi connectivity index (χ1) is 11.2. The number of rotatable bonds is 4. The molecule has 2 aliphatic rings. The molecule has 2 fully saturated rings. The van der Waals surface area contributed by atoms with E-state index in [1.807, 2.05) is 30.3 Å². The molecule has 23 heavy (non-hydrogen) atoms. The van der Waals surface area contributed by atoms with Crippen molar-refractivity contribution in [2.45, 2.75) is 38.1 Å². The van der Waals surface area contributed by atoms with E-state index in [4.69, 9.17) is 0 Å². The van der Waals surface area contributed by atoms with E-state index < -0.39 is 0 Å². The predicted molar refractivity (Wildman–Crippen MR) is 98.2 cm³/mol. The molecule has 1 atom stereocenters. The number of piperidine rings is 1. The summed E-state index contributed by atoms with van der Waals surface area (Å²) in [6.45, 7) is 4.36. The van der Waals surface area contributed by atoms with Crippen LogP contribution >= 0.6 is 15.9 Å². The highest BCUT2D eigenvalue weighted by Crippen LogP contribution is 2.21. The highest BCUT2D eigenvalue weighted by Gasteiger charge is 2.29. The number of halogens is 1. The second kappa shape index (κ2) is 8.11. The Morgan fingerprint density at radius 2 is 2.00 bits per heavy atom. The zero-order valence-electron chi connectivity index (χ0n) is 13.6. The second-order valence-electron chi connectivity index (χ2n) is 6.58. The molecule has 2 aliphatic heterocycles. The fourth-order valence-corrected chi connectivity index (χ4v) is 4.05. The monoisotopic (exact) mass is 376 g/mol. The van der Waals surface area contributed by atoms with Gasteiger partial charge in [0.05, 0.1) is 0 Å². The lowest BCUT2D eigenvalue weighted by atomic mass is 10.1. The Bertz CT molecular complexity index is 566. The van der Waals surface area contributed by atoms with Crippen LogP contribution in [0.2, 0.25) is 0 Å². The molecule has 0 aromatic heterocycles. The van der Waals surface area contributed by atoms with Gasteiger partial charge in [-0.1, -0.05) is 34.5 Å². The van der Waals surface area contributed by atoms with E-state index in [0.717, 1.165) is 36.0 Å². The van der Waals surface area contributed by atoms with Crippen LogP contribution in [0.15, 0.2) is 34.8 Å². The minimum atomic E-state index is 0.157. The molecule has 1 aromatic carbocycles. The molecule has 0 aliphatic carbocycles. The van der Waals surface area contributed by atoms with Crippen LogP contribution in [0.25, 0.3) is 6.08 Å². The van der Waals surface area contributed by atoms with Crippen molar-refractivity contribution in [3.63, 3.8) is 0 Å². The van der Waals surface area contributed by atoms with Gasteiger partial charge in [-0.3, -0.25) is 4.79 Å². The number of carbonyl (C=O) groups excluding carboxylic acids is 1. The van der Waals surface area contributed by atoms with Gasteiger partial charge in [0, 0.05) is 29.7 Å². The van der Waals surface area contributed by atoms with E-state index in [-0.39, 0.29) is 5.91 Å². The highest BCUT2D eigenvalue weighted by molar-refractivity contribution is 9.10. The van der Waals surface area contributed by atoms with Crippen LogP contribution in [0, 0.1) is 0 Å². The molecule has 0 bridgehead atoms. The number of carbonyl (C=O) groups is 1. The third-order valence-corrected chi connectivity index (χ3v) is 5.34. The van der Waals surface area contributed by atoms with E-state index in [9.17, 15) is 4.79 Å². The summed E-state index contributed by atoms with van der Waals surface area (Å²) in [4.78, 5) is 17.2. The minimum absolute atomic E-state index is 0.157. The van der Waals surface area contributed by atoms with Crippen LogP contribution < -0.4 is 0 Å². The molecule has 1 aromatic rings. The van der Waals surface area contributed by atoms with E-state index in [1.165, 1.54) is 32.4 Å². The van der Waals surface area contributed by atoms with Gasteiger partial charge in [0.1, 0.15) is 0 Å². The number of hydrogen-bond donors (Lipinski definition) is 0. The number of amides is 1. The summed E-state index contributed by atoms with van der Waals surface area (Å²) in [5, 5.41) is 0. The van der Waals surface area contributed by atoms with E-state index >= 15 is 0 Å². The topological polar surface area (TPSA) is 23.6 Å². The first kappa shape index (κ1) is 16.7. The lowest BCUT2D eigenvalue weighted by Crippen LogP contribution is -2.44. The highest BCUT2D eigenvalue weighted by atomic mass is 79.9. The van der Waals surface area contributed by atoms with Crippen molar-refractivity contribution in [3.8, 4) is 0 Å². The van der Waals surface area contributed by atoms with Gasteiger partial charge in [-0.15, -0.1) is 0 Å². The molecule has 2 heterocycles. The van der Waals surface area contributed by atoms with Crippen molar-refractivity contribution >= 4 is 27.9 Å². The van der Waals surface area contributed by atoms with Crippen molar-refractivity contribution in [1.82, 2.24) is 9.80 Å². The van der Waals surface area contributed by atoms with Crippen LogP contribution in [-0.4, -0.2) is 47.9 Å². The lowest BCUT2D eigenvalue weighted by Gasteiger charge is -2.32. The number of nitrogens with zero attached hydrogens (tertiary/aromatic N) is 2. The van der Waals surface area contributed by atoms with Crippen molar-refractivity contribution in [1.29, 1.82) is 0 Å². The summed E-state index contributed by atoms with van der Waals surface area (Å²) in [6, 6.07) is 8.42. The lowest BCUT2D eigenvalue weighted by molar-refractivity contribution is -0.127. The van der Waals surface area contributed by atoms with Gasteiger partial charge >= 0.3 is 0 Å². The fourth-order valence-electron chi connectivity index (χ4n) is 3.63. The molecule has 0 spiro atoms. The number of benzene rings is 1. The van der Waals surface area contributed by atoms with Crippen LogP contribution in [0.4, 0.5) is 0 Å². The average molecular weight is 377 g/mol. The SMILES string of the molecule is O=C(C=Cc1cccc(Br)c1)N1CCC[C@H]1CN1CCCCC1. The average Bonchev–Trinajstić information content (AvgIpc) is 3.02. The van der Waals surface area contributed by atoms with Crippen molar-refractivity contribution < 1.29 is 4.79 Å². The molecular weight excluding hydrogens is 352 g/mol. The van der Waals surface area contributed by atoms with Gasteiger partial charge < -0.3 is 9.80 Å². The van der Waals surface area contributed by atoms with Crippen molar-refractivity contribution in [3.05, 3.63) is 40.4 Å². The summed E-state index contributed by atoms with van der Waals surface area (Å²) < 4.78 is 1.04. The zero-order chi connectivity index (χ0) is 16.1. The summed E-state index contributed by atoms with van der Waals surface area (Å²) >= 11 is 3.47. The smallest absolute Gasteiger partial charge is 0.246 e. The Labute approximate surface area is 147 Å². The van der Waals surface area contributed by atoms with Gasteiger partial charge in [0.2, 0.25) is 5.91 Å². The minimum Gasteiger partial charge on any atom is -0.335 e. The van der Waals surface area contributed by atoms with Crippen LogP contribution in [0.3, 0.4) is 0 Å². The maximum absolute atomic E-state index is 12.6. The third kappa shape index (κ3) is 4.67. The Morgan fingerprint density at radius 1 is 1.17 bits per heavy atom. The van der Waals surface area contributed by atoms with Crippen LogP contribution in [-0.2, 0) is 4.79 Å². The molecule has 3 rings (SSSR count). The van der Waals surface area contributed by atoms with Crippen molar-refractivity contribution in [2.24, 2.45) is 0 Å². The van der Waals surface area contributed by atoms with Gasteiger partial charge in [-0.05, 0) is 62.5 Å². The number of hydrogen-bond acceptors (Lipinski definition) is 2. The molecule has 2 saturated heterocycles. The molecule has 124 valence electrons. The standard InChI is InChI=1S/C19H25BrN2O/c20-17-7-4-6-16(14-17)9-10-19(23)22-13-5-8-18(22)15-21-11-2-1-3-12-21/h4,6-7,9-10,14,18H,1-3,5,8,11-13,15H2/t18-/m0/s1. The van der Waals surface area contributed by atoms with Gasteiger partial charge in [-0.2, -0.15) is 0 Å². The summed E-state index contributed by atoms with van der Waals surface area (Å²) in [6.07, 6.45) is 9.91. The third-order valence-electron chi connectivity index (χ3n) is 4.84. The molecular formula is C19H25BrN2O. The Hall–Kier alpha value is -1.13. The molecule has 3 nitrogen and oxygen atoms in total. The Kier molecular flexibility index (Phi) is 5.90. The zero-order valence-corrected chi connectivity index (χ0v) is 15.2. The molecule has 0 saturated carbocycles. The van der Waals surface area contributed by atoms with Gasteiger partial charge in [0.15, 0.2) is 0 Å². The van der Waals surface area contributed by atoms with E-state index in [2.05, 4.69) is 25.7 Å². The van der Waals surface area contributed by atoms with Crippen molar-refractivity contribution in [2.75, 3.05) is 26.2 Å². The second-order valence-corrected chi connectivity index (χ2v) is 7.49. The number of likely N-dealkylation sites (tertiary alicyclic amines) is 2. The fraction of sp³-hybridized carbons (Fsp3) is 0.526. The molecule has 4 heteroatoms. The van der Waals surface area contributed by atoms with Crippen LogP contribution in [0.1, 0.15) is 37.7 Å². The quantitative estimate of drug-likeness (QED) is 0.742. The normalized spacial score (nSPS) is 22.8. The first-order valence-electron chi connectivity index (χ1n) is 8.69. The Morgan fingerprint density at radius 3 is 2.78 bits per heavy atom.